The number of rotatable bonds is 22. The summed E-state index contributed by atoms with van der Waals surface area (Å²) in [5.74, 6) is -5.05. The van der Waals surface area contributed by atoms with Gasteiger partial charge in [0.1, 0.15) is 0 Å². The maximum Gasteiger partial charge on any atom is 4.00 e. The zero-order valence-corrected chi connectivity index (χ0v) is 34.5. The smallest absolute Gasteiger partial charge is 0.488 e. The minimum atomic E-state index is -0.972. The number of hydrogen-bond acceptors (Lipinski definition) is 4. The topological polar surface area (TPSA) is 52.6 Å². The van der Waals surface area contributed by atoms with E-state index >= 15 is 0 Å². The van der Waals surface area contributed by atoms with E-state index in [0.717, 1.165) is 75.6 Å². The second kappa shape index (κ2) is 36.4. The Balaban J connectivity index is 0.000000828. The summed E-state index contributed by atoms with van der Waals surface area (Å²) in [6.45, 7) is 4.41. The van der Waals surface area contributed by atoms with Crippen LogP contribution in [0.1, 0.15) is 155 Å². The van der Waals surface area contributed by atoms with E-state index in [-0.39, 0.29) is 46.1 Å². The van der Waals surface area contributed by atoms with Crippen LogP contribution in [0.15, 0.2) is 60.7 Å². The van der Waals surface area contributed by atoms with Crippen LogP contribution in [0.2, 0.25) is 0 Å². The molecule has 0 bridgehead atoms. The predicted octanol–water partition coefficient (Wildman–Crippen LogP) is 13.8. The van der Waals surface area contributed by atoms with Gasteiger partial charge in [0, 0.05) is 24.5 Å². The molecule has 0 aliphatic heterocycles. The molecule has 0 heterocycles. The number of carbonyl (C=O) groups is 2. The summed E-state index contributed by atoms with van der Waals surface area (Å²) in [6.07, 6.45) is 41.4. The molecule has 0 saturated heterocycles. The largest absolute Gasteiger partial charge is 4.00 e. The molecular weight excluding hydrogens is 740 g/mol. The average molecular weight is 801 g/mol. The van der Waals surface area contributed by atoms with Gasteiger partial charge in [-0.1, -0.05) is 117 Å². The van der Waals surface area contributed by atoms with Crippen LogP contribution in [0.3, 0.4) is 0 Å². The predicted molar refractivity (Wildman–Crippen MR) is 208 cm³/mol. The summed E-state index contributed by atoms with van der Waals surface area (Å²) < 4.78 is 61.6. The number of unbranched alkanes of at least 4 members (excludes halogenated alkanes) is 16. The van der Waals surface area contributed by atoms with Gasteiger partial charge in [0.2, 0.25) is 0 Å². The molecule has 4 nitrogen and oxygen atoms in total. The van der Waals surface area contributed by atoms with Crippen molar-refractivity contribution < 1.29 is 58.3 Å². The van der Waals surface area contributed by atoms with Gasteiger partial charge in [-0.3, -0.25) is 21.7 Å². The zero-order chi connectivity index (χ0) is 39.5. The van der Waals surface area contributed by atoms with Gasteiger partial charge in [0.15, 0.2) is 0 Å². The Bertz CT molecular complexity index is 1280. The molecule has 4 rings (SSSR count). The van der Waals surface area contributed by atoms with Crippen LogP contribution in [0.4, 0.5) is 17.6 Å². The summed E-state index contributed by atoms with van der Waals surface area (Å²) >= 11 is 0. The molecule has 9 heteroatoms. The molecule has 0 spiro atoms. The van der Waals surface area contributed by atoms with Gasteiger partial charge in [-0.15, -0.1) is 49.2 Å². The van der Waals surface area contributed by atoms with Crippen LogP contribution in [-0.4, -0.2) is 11.9 Å². The van der Waals surface area contributed by atoms with Gasteiger partial charge in [-0.25, -0.2) is 41.9 Å². The molecule has 0 unspecified atom stereocenters. The molecular formula is C46H60F4O4Ti. The van der Waals surface area contributed by atoms with Crippen molar-refractivity contribution >= 4 is 11.9 Å². The Morgan fingerprint density at radius 2 is 0.855 bits per heavy atom. The number of carbonyl (C=O) groups excluding carboxylic acids is 2. The van der Waals surface area contributed by atoms with Crippen molar-refractivity contribution in [1.82, 2.24) is 0 Å². The summed E-state index contributed by atoms with van der Waals surface area (Å²) in [5.41, 5.74) is 0. The van der Waals surface area contributed by atoms with Crippen molar-refractivity contribution in [1.29, 1.82) is 0 Å². The quantitative estimate of drug-likeness (QED) is 0.0297. The first-order chi connectivity index (χ1) is 26.3. The Labute approximate surface area is 343 Å². The van der Waals surface area contributed by atoms with Crippen LogP contribution in [-0.2, 0) is 31.3 Å². The maximum absolute atomic E-state index is 13.3. The van der Waals surface area contributed by atoms with Crippen molar-refractivity contribution in [3.8, 4) is 11.5 Å². The van der Waals surface area contributed by atoms with Gasteiger partial charge in [0.05, 0.1) is 23.1 Å². The maximum atomic E-state index is 13.3. The molecule has 0 N–H and O–H groups in total. The molecule has 0 atom stereocenters. The molecule has 0 radical (unpaired) electrons. The number of halogens is 4. The first-order valence-electron chi connectivity index (χ1n) is 19.9. The van der Waals surface area contributed by atoms with E-state index in [2.05, 4.69) is 38.2 Å². The van der Waals surface area contributed by atoms with E-state index in [0.29, 0.717) is 0 Å². The van der Waals surface area contributed by atoms with Crippen LogP contribution in [0, 0.1) is 47.6 Å². The number of hydrogen-bond donors (Lipinski definition) is 0. The van der Waals surface area contributed by atoms with Gasteiger partial charge in [-0.2, -0.15) is 12.2 Å². The van der Waals surface area contributed by atoms with E-state index in [1.54, 1.807) is 0 Å². The van der Waals surface area contributed by atoms with E-state index in [1.807, 2.05) is 36.4 Å². The minimum absolute atomic E-state index is 0. The van der Waals surface area contributed by atoms with Gasteiger partial charge in [-0.05, 0) is 12.8 Å². The first-order valence-corrected chi connectivity index (χ1v) is 19.9. The molecule has 2 aliphatic rings. The van der Waals surface area contributed by atoms with Gasteiger partial charge >= 0.3 is 21.7 Å². The number of ether oxygens (including phenoxy) is 2. The number of benzene rings is 2. The van der Waals surface area contributed by atoms with Crippen LogP contribution in [0.5, 0.6) is 11.5 Å². The van der Waals surface area contributed by atoms with Gasteiger partial charge in [0.25, 0.3) is 11.9 Å². The fourth-order valence-corrected chi connectivity index (χ4v) is 5.21. The zero-order valence-electron chi connectivity index (χ0n) is 33.0. The summed E-state index contributed by atoms with van der Waals surface area (Å²) in [7, 11) is 0. The fraction of sp³-hybridized carbons (Fsp3) is 0.522. The van der Waals surface area contributed by atoms with Crippen LogP contribution < -0.4 is 9.47 Å². The molecule has 0 saturated carbocycles. The minimum Gasteiger partial charge on any atom is -0.488 e. The Hall–Kier alpha value is -3.23. The number of allylic oxidation sites excluding steroid dienone is 8. The van der Waals surface area contributed by atoms with Crippen molar-refractivity contribution in [3.05, 3.63) is 108 Å². The SMILES string of the molecule is CCCCCCCCCCCC(=O)Oc1ccc(F)[c-]c1F.CCCCCCCCCCCC(=O)Oc1ccc(F)[c-]c1F.[C-]1=CC=CC1.[C-]1=CC=CC1.[Ti+4]. The third-order valence-electron chi connectivity index (χ3n) is 8.24. The molecule has 2 aromatic rings. The molecule has 0 aromatic heterocycles. The van der Waals surface area contributed by atoms with Crippen LogP contribution >= 0.6 is 0 Å². The summed E-state index contributed by atoms with van der Waals surface area (Å²) in [6, 6.07) is 7.93. The second-order valence-electron chi connectivity index (χ2n) is 13.1. The van der Waals surface area contributed by atoms with Crippen molar-refractivity contribution in [2.75, 3.05) is 0 Å². The summed E-state index contributed by atoms with van der Waals surface area (Å²) in [4.78, 5) is 23.1. The Morgan fingerprint density at radius 3 is 1.11 bits per heavy atom. The Kier molecular flexibility index (Phi) is 34.3. The first kappa shape index (κ1) is 51.8. The molecule has 0 amide bonds. The van der Waals surface area contributed by atoms with Crippen molar-refractivity contribution in [3.63, 3.8) is 0 Å². The third kappa shape index (κ3) is 30.7. The molecule has 300 valence electrons. The second-order valence-corrected chi connectivity index (χ2v) is 13.1. The van der Waals surface area contributed by atoms with E-state index in [9.17, 15) is 27.2 Å². The van der Waals surface area contributed by atoms with E-state index in [4.69, 9.17) is 9.47 Å². The van der Waals surface area contributed by atoms with Crippen molar-refractivity contribution in [2.45, 2.75) is 155 Å². The molecule has 2 aliphatic carbocycles. The third-order valence-corrected chi connectivity index (χ3v) is 8.24. The standard InChI is InChI=1S/2C18H25F2O2.2C5H5.Ti/c2*1-2-3-4-5-6-7-8-9-10-11-18(21)22-17-13-12-15(19)14-16(17)20;2*1-2-4-5-3-1;/h2*12-13H,2-11H2,1H3;2*1-3H,4H2;/q4*-1;+4. The molecule has 55 heavy (non-hydrogen) atoms. The molecule has 2 aromatic carbocycles. The van der Waals surface area contributed by atoms with Crippen molar-refractivity contribution in [2.24, 2.45) is 0 Å². The summed E-state index contributed by atoms with van der Waals surface area (Å²) in [5, 5.41) is 0. The number of esters is 2. The normalized spacial score (nSPS) is 11.7. The monoisotopic (exact) mass is 800 g/mol. The van der Waals surface area contributed by atoms with Gasteiger partial charge < -0.3 is 9.47 Å². The average Bonchev–Trinajstić information content (AvgIpc) is 3.94. The molecule has 0 fully saturated rings. The van der Waals surface area contributed by atoms with Crippen LogP contribution in [0.25, 0.3) is 0 Å². The van der Waals surface area contributed by atoms with E-state index < -0.39 is 35.2 Å². The van der Waals surface area contributed by atoms with E-state index in [1.165, 1.54) is 77.0 Å². The fourth-order valence-electron chi connectivity index (χ4n) is 5.21. The Morgan fingerprint density at radius 1 is 0.527 bits per heavy atom.